The summed E-state index contributed by atoms with van der Waals surface area (Å²) in [6.07, 6.45) is 2.10. The maximum Gasteiger partial charge on any atom is 0.335 e. The lowest BCUT2D eigenvalue weighted by atomic mass is 10.2. The predicted octanol–water partition coefficient (Wildman–Crippen LogP) is 0.998. The van der Waals surface area contributed by atoms with Crippen molar-refractivity contribution in [1.29, 1.82) is 0 Å². The molecule has 6 nitrogen and oxygen atoms in total. The first-order valence-electron chi connectivity index (χ1n) is 5.91. The van der Waals surface area contributed by atoms with Gasteiger partial charge in [0.2, 0.25) is 10.0 Å². The van der Waals surface area contributed by atoms with Gasteiger partial charge < -0.3 is 10.8 Å². The number of carboxylic acids is 1. The van der Waals surface area contributed by atoms with E-state index >= 15 is 0 Å². The van der Waals surface area contributed by atoms with E-state index in [9.17, 15) is 13.2 Å². The summed E-state index contributed by atoms with van der Waals surface area (Å²) in [5.41, 5.74) is 5.59. The first kappa shape index (κ1) is 13.8. The van der Waals surface area contributed by atoms with Crippen LogP contribution < -0.4 is 5.73 Å². The number of nitrogen functional groups attached to an aromatic ring is 1. The second kappa shape index (κ2) is 4.82. The molecule has 0 unspecified atom stereocenters. The molecule has 1 fully saturated rings. The number of nitrogens with two attached hydrogens (primary N) is 1. The number of hydrogen-bond donors (Lipinski definition) is 2. The smallest absolute Gasteiger partial charge is 0.335 e. The van der Waals surface area contributed by atoms with Crippen molar-refractivity contribution in [2.45, 2.75) is 17.7 Å². The van der Waals surface area contributed by atoms with Gasteiger partial charge in [0.1, 0.15) is 4.90 Å². The Hall–Kier alpha value is -1.60. The van der Waals surface area contributed by atoms with E-state index in [1.54, 1.807) is 0 Å². The molecule has 0 atom stereocenters. The third-order valence-electron chi connectivity index (χ3n) is 3.16. The first-order chi connectivity index (χ1) is 8.82. The van der Waals surface area contributed by atoms with Crippen molar-refractivity contribution in [1.82, 2.24) is 4.31 Å². The van der Waals surface area contributed by atoms with Crippen molar-refractivity contribution >= 4 is 21.7 Å². The zero-order valence-corrected chi connectivity index (χ0v) is 11.4. The van der Waals surface area contributed by atoms with Crippen LogP contribution in [-0.4, -0.2) is 37.4 Å². The van der Waals surface area contributed by atoms with Crippen molar-refractivity contribution < 1.29 is 18.3 Å². The quantitative estimate of drug-likeness (QED) is 0.785. The molecular formula is C12H16N2O4S. The lowest BCUT2D eigenvalue weighted by Crippen LogP contribution is -2.29. The van der Waals surface area contributed by atoms with Gasteiger partial charge in [-0.2, -0.15) is 0 Å². The summed E-state index contributed by atoms with van der Waals surface area (Å²) in [5.74, 6) is -0.707. The number of rotatable bonds is 5. The number of aromatic carboxylic acids is 1. The summed E-state index contributed by atoms with van der Waals surface area (Å²) < 4.78 is 25.9. The minimum atomic E-state index is -3.65. The molecule has 0 saturated heterocycles. The highest BCUT2D eigenvalue weighted by Crippen LogP contribution is 2.31. The van der Waals surface area contributed by atoms with Gasteiger partial charge in [-0.1, -0.05) is 0 Å². The Morgan fingerprint density at radius 3 is 2.58 bits per heavy atom. The largest absolute Gasteiger partial charge is 0.478 e. The second-order valence-corrected chi connectivity index (χ2v) is 6.80. The number of sulfonamides is 1. The molecule has 0 amide bonds. The molecule has 104 valence electrons. The molecule has 0 radical (unpaired) electrons. The van der Waals surface area contributed by atoms with Crippen LogP contribution in [0.2, 0.25) is 0 Å². The summed E-state index contributed by atoms with van der Waals surface area (Å²) >= 11 is 0. The molecule has 7 heteroatoms. The number of anilines is 1. The van der Waals surface area contributed by atoms with Crippen LogP contribution in [0.3, 0.4) is 0 Å². The van der Waals surface area contributed by atoms with Crippen molar-refractivity contribution in [2.75, 3.05) is 19.3 Å². The minimum Gasteiger partial charge on any atom is -0.478 e. The summed E-state index contributed by atoms with van der Waals surface area (Å²) in [5, 5.41) is 8.82. The van der Waals surface area contributed by atoms with Crippen LogP contribution in [0.15, 0.2) is 23.1 Å². The van der Waals surface area contributed by atoms with Crippen molar-refractivity contribution in [3.8, 4) is 0 Å². The highest BCUT2D eigenvalue weighted by Gasteiger charge is 2.30. The summed E-state index contributed by atoms with van der Waals surface area (Å²) in [4.78, 5) is 10.7. The molecular weight excluding hydrogens is 268 g/mol. The summed E-state index contributed by atoms with van der Waals surface area (Å²) in [7, 11) is -2.14. The van der Waals surface area contributed by atoms with Gasteiger partial charge in [-0.3, -0.25) is 0 Å². The van der Waals surface area contributed by atoms with E-state index in [1.807, 2.05) is 0 Å². The molecule has 0 heterocycles. The zero-order chi connectivity index (χ0) is 14.2. The Morgan fingerprint density at radius 1 is 1.47 bits per heavy atom. The van der Waals surface area contributed by atoms with Crippen LogP contribution >= 0.6 is 0 Å². The Kier molecular flexibility index (Phi) is 3.51. The van der Waals surface area contributed by atoms with Crippen LogP contribution in [0.25, 0.3) is 0 Å². The van der Waals surface area contributed by atoms with Crippen LogP contribution in [0, 0.1) is 5.92 Å². The summed E-state index contributed by atoms with van der Waals surface area (Å²) in [6, 6.07) is 3.66. The monoisotopic (exact) mass is 284 g/mol. The van der Waals surface area contributed by atoms with Gasteiger partial charge in [-0.25, -0.2) is 17.5 Å². The van der Waals surface area contributed by atoms with E-state index < -0.39 is 16.0 Å². The van der Waals surface area contributed by atoms with Gasteiger partial charge in [0.05, 0.1) is 11.3 Å². The maximum atomic E-state index is 12.3. The standard InChI is InChI=1S/C12H16N2O4S/c1-14(7-8-2-3-8)19(17,18)11-5-4-9(12(15)16)6-10(11)13/h4-6,8H,2-3,7,13H2,1H3,(H,15,16). The zero-order valence-electron chi connectivity index (χ0n) is 10.5. The molecule has 0 spiro atoms. The molecule has 1 saturated carbocycles. The number of carboxylic acid groups (broad SMARTS) is 1. The third kappa shape index (κ3) is 2.87. The van der Waals surface area contributed by atoms with E-state index in [4.69, 9.17) is 10.8 Å². The molecule has 0 bridgehead atoms. The summed E-state index contributed by atoms with van der Waals surface area (Å²) in [6.45, 7) is 0.475. The Morgan fingerprint density at radius 2 is 2.11 bits per heavy atom. The van der Waals surface area contributed by atoms with E-state index in [-0.39, 0.29) is 16.1 Å². The lowest BCUT2D eigenvalue weighted by molar-refractivity contribution is 0.0697. The third-order valence-corrected chi connectivity index (χ3v) is 5.05. The van der Waals surface area contributed by atoms with Crippen LogP contribution in [0.1, 0.15) is 23.2 Å². The highest BCUT2D eigenvalue weighted by atomic mass is 32.2. The molecule has 0 aliphatic heterocycles. The van der Waals surface area contributed by atoms with E-state index in [0.717, 1.165) is 12.8 Å². The van der Waals surface area contributed by atoms with Crippen LogP contribution in [0.5, 0.6) is 0 Å². The maximum absolute atomic E-state index is 12.3. The van der Waals surface area contributed by atoms with Gasteiger partial charge >= 0.3 is 5.97 Å². The van der Waals surface area contributed by atoms with Crippen molar-refractivity contribution in [3.63, 3.8) is 0 Å². The normalized spacial score (nSPS) is 15.7. The lowest BCUT2D eigenvalue weighted by Gasteiger charge is -2.18. The molecule has 1 aliphatic carbocycles. The number of hydrogen-bond acceptors (Lipinski definition) is 4. The second-order valence-electron chi connectivity index (χ2n) is 4.79. The van der Waals surface area contributed by atoms with E-state index in [1.165, 1.54) is 29.6 Å². The fourth-order valence-electron chi connectivity index (χ4n) is 1.85. The average Bonchev–Trinajstić information content (AvgIpc) is 3.12. The van der Waals surface area contributed by atoms with Gasteiger partial charge in [-0.15, -0.1) is 0 Å². The Bertz CT molecular complexity index is 608. The topological polar surface area (TPSA) is 101 Å². The van der Waals surface area contributed by atoms with E-state index in [2.05, 4.69) is 0 Å². The van der Waals surface area contributed by atoms with Crippen molar-refractivity contribution in [2.24, 2.45) is 5.92 Å². The molecule has 1 aliphatic rings. The number of benzene rings is 1. The molecule has 1 aromatic rings. The molecule has 0 aromatic heterocycles. The molecule has 1 aromatic carbocycles. The highest BCUT2D eigenvalue weighted by molar-refractivity contribution is 7.89. The first-order valence-corrected chi connectivity index (χ1v) is 7.35. The minimum absolute atomic E-state index is 0.0266. The Balaban J connectivity index is 2.31. The van der Waals surface area contributed by atoms with Gasteiger partial charge in [-0.05, 0) is 37.0 Å². The molecule has 2 rings (SSSR count). The van der Waals surface area contributed by atoms with E-state index in [0.29, 0.717) is 12.5 Å². The fraction of sp³-hybridized carbons (Fsp3) is 0.417. The van der Waals surface area contributed by atoms with Crippen LogP contribution in [0.4, 0.5) is 5.69 Å². The van der Waals surface area contributed by atoms with Gasteiger partial charge in [0.15, 0.2) is 0 Å². The number of nitrogens with zero attached hydrogens (tertiary/aromatic N) is 1. The predicted molar refractivity (Wildman–Crippen MR) is 70.4 cm³/mol. The average molecular weight is 284 g/mol. The molecule has 19 heavy (non-hydrogen) atoms. The van der Waals surface area contributed by atoms with Gasteiger partial charge in [0.25, 0.3) is 0 Å². The van der Waals surface area contributed by atoms with Crippen molar-refractivity contribution in [3.05, 3.63) is 23.8 Å². The fourth-order valence-corrected chi connectivity index (χ4v) is 3.19. The van der Waals surface area contributed by atoms with Gasteiger partial charge in [0, 0.05) is 13.6 Å². The van der Waals surface area contributed by atoms with Crippen LogP contribution in [-0.2, 0) is 10.0 Å². The Labute approximate surface area is 111 Å². The molecule has 3 N–H and O–H groups in total. The SMILES string of the molecule is CN(CC1CC1)S(=O)(=O)c1ccc(C(=O)O)cc1N. The number of carbonyl (C=O) groups is 1.